The minimum absolute atomic E-state index is 0.382. The Hall–Kier alpha value is -0.520. The van der Waals surface area contributed by atoms with Gasteiger partial charge in [-0.15, -0.1) is 6.58 Å². The van der Waals surface area contributed by atoms with Crippen LogP contribution in [0, 0.1) is 11.3 Å². The first-order valence-corrected chi connectivity index (χ1v) is 4.75. The molecule has 0 saturated heterocycles. The maximum Gasteiger partial charge on any atom is -0.0285 e. The molecule has 0 aliphatic heterocycles. The van der Waals surface area contributed by atoms with Crippen LogP contribution in [0.15, 0.2) is 24.8 Å². The van der Waals surface area contributed by atoms with Gasteiger partial charge in [-0.05, 0) is 24.2 Å². The van der Waals surface area contributed by atoms with Crippen LogP contribution >= 0.6 is 0 Å². The highest BCUT2D eigenvalue weighted by atomic mass is 14.2. The van der Waals surface area contributed by atoms with Crippen molar-refractivity contribution in [2.75, 3.05) is 0 Å². The zero-order valence-corrected chi connectivity index (χ0v) is 8.93. The Morgan fingerprint density at radius 3 is 2.25 bits per heavy atom. The largest absolute Gasteiger partial charge is 0.103 e. The summed E-state index contributed by atoms with van der Waals surface area (Å²) in [4.78, 5) is 0. The van der Waals surface area contributed by atoms with E-state index in [1.165, 1.54) is 0 Å². The molecule has 0 aromatic carbocycles. The van der Waals surface area contributed by atoms with Crippen LogP contribution in [-0.4, -0.2) is 0 Å². The second kappa shape index (κ2) is 5.18. The molecular weight excluding hydrogens is 144 g/mol. The van der Waals surface area contributed by atoms with Gasteiger partial charge in [-0.25, -0.2) is 0 Å². The van der Waals surface area contributed by atoms with Crippen molar-refractivity contribution in [1.82, 2.24) is 0 Å². The van der Waals surface area contributed by atoms with Crippen molar-refractivity contribution >= 4 is 0 Å². The summed E-state index contributed by atoms with van der Waals surface area (Å²) in [5.74, 6) is 0.671. The standard InChI is InChI=1S/C12H22/c1-6-9-12(4,5)10-7-8-11(2)3/h6-8,11H,1,9-10H2,2-5H3. The highest BCUT2D eigenvalue weighted by Gasteiger charge is 2.12. The van der Waals surface area contributed by atoms with Crippen molar-refractivity contribution in [3.8, 4) is 0 Å². The first-order chi connectivity index (χ1) is 5.48. The second-order valence-corrected chi connectivity index (χ2v) is 4.53. The first-order valence-electron chi connectivity index (χ1n) is 4.75. The van der Waals surface area contributed by atoms with E-state index in [0.717, 1.165) is 12.8 Å². The third-order valence-corrected chi connectivity index (χ3v) is 1.89. The van der Waals surface area contributed by atoms with E-state index in [0.29, 0.717) is 11.3 Å². The predicted molar refractivity (Wildman–Crippen MR) is 57.2 cm³/mol. The number of hydrogen-bond acceptors (Lipinski definition) is 0. The molecule has 0 amide bonds. The Balaban J connectivity index is 3.81. The van der Waals surface area contributed by atoms with Crippen molar-refractivity contribution in [3.63, 3.8) is 0 Å². The molecule has 0 bridgehead atoms. The van der Waals surface area contributed by atoms with E-state index in [1.807, 2.05) is 6.08 Å². The number of hydrogen-bond donors (Lipinski definition) is 0. The van der Waals surface area contributed by atoms with E-state index >= 15 is 0 Å². The fourth-order valence-electron chi connectivity index (χ4n) is 1.13. The van der Waals surface area contributed by atoms with Gasteiger partial charge in [0.15, 0.2) is 0 Å². The van der Waals surface area contributed by atoms with Gasteiger partial charge in [0, 0.05) is 0 Å². The van der Waals surface area contributed by atoms with E-state index in [9.17, 15) is 0 Å². The Morgan fingerprint density at radius 1 is 1.25 bits per heavy atom. The van der Waals surface area contributed by atoms with E-state index in [-0.39, 0.29) is 0 Å². The summed E-state index contributed by atoms with van der Waals surface area (Å²) in [7, 11) is 0. The molecule has 0 fully saturated rings. The van der Waals surface area contributed by atoms with Gasteiger partial charge in [0.1, 0.15) is 0 Å². The topological polar surface area (TPSA) is 0 Å². The molecule has 0 saturated carbocycles. The van der Waals surface area contributed by atoms with E-state index in [2.05, 4.69) is 46.4 Å². The highest BCUT2D eigenvalue weighted by molar-refractivity contribution is 4.91. The first kappa shape index (κ1) is 11.5. The van der Waals surface area contributed by atoms with Crippen LogP contribution in [0.25, 0.3) is 0 Å². The van der Waals surface area contributed by atoms with Crippen LogP contribution in [0.2, 0.25) is 0 Å². The normalized spacial score (nSPS) is 12.8. The minimum atomic E-state index is 0.382. The average molecular weight is 166 g/mol. The van der Waals surface area contributed by atoms with Gasteiger partial charge < -0.3 is 0 Å². The summed E-state index contributed by atoms with van der Waals surface area (Å²) in [5, 5.41) is 0. The predicted octanol–water partition coefficient (Wildman–Crippen LogP) is 4.19. The molecular formula is C12H22. The van der Waals surface area contributed by atoms with Gasteiger partial charge in [-0.2, -0.15) is 0 Å². The molecule has 0 atom stereocenters. The third kappa shape index (κ3) is 6.21. The molecule has 0 spiro atoms. The van der Waals surface area contributed by atoms with Gasteiger partial charge in [-0.3, -0.25) is 0 Å². The zero-order valence-electron chi connectivity index (χ0n) is 8.93. The number of allylic oxidation sites excluding steroid dienone is 3. The summed E-state index contributed by atoms with van der Waals surface area (Å²) < 4.78 is 0. The van der Waals surface area contributed by atoms with Crippen molar-refractivity contribution in [2.45, 2.75) is 40.5 Å². The van der Waals surface area contributed by atoms with Crippen molar-refractivity contribution in [2.24, 2.45) is 11.3 Å². The van der Waals surface area contributed by atoms with Crippen molar-refractivity contribution in [3.05, 3.63) is 24.8 Å². The molecule has 0 unspecified atom stereocenters. The van der Waals surface area contributed by atoms with Crippen LogP contribution in [0.3, 0.4) is 0 Å². The SMILES string of the molecule is C=CCC(C)(C)CC=CC(C)C. The summed E-state index contributed by atoms with van der Waals surface area (Å²) >= 11 is 0. The molecule has 0 N–H and O–H groups in total. The fourth-order valence-corrected chi connectivity index (χ4v) is 1.13. The molecule has 70 valence electrons. The van der Waals surface area contributed by atoms with Gasteiger partial charge in [0.2, 0.25) is 0 Å². The lowest BCUT2D eigenvalue weighted by atomic mass is 9.85. The lowest BCUT2D eigenvalue weighted by Gasteiger charge is -2.20. The average Bonchev–Trinajstić information content (AvgIpc) is 1.85. The van der Waals surface area contributed by atoms with Gasteiger partial charge >= 0.3 is 0 Å². The summed E-state index contributed by atoms with van der Waals surface area (Å²) in [6.07, 6.45) is 8.80. The Labute approximate surface area is 77.4 Å². The van der Waals surface area contributed by atoms with Crippen LogP contribution in [-0.2, 0) is 0 Å². The van der Waals surface area contributed by atoms with Crippen LogP contribution < -0.4 is 0 Å². The lowest BCUT2D eigenvalue weighted by Crippen LogP contribution is -2.07. The molecule has 0 aliphatic carbocycles. The zero-order chi connectivity index (χ0) is 9.61. The molecule has 12 heavy (non-hydrogen) atoms. The van der Waals surface area contributed by atoms with E-state index in [1.54, 1.807) is 0 Å². The molecule has 0 nitrogen and oxygen atoms in total. The van der Waals surface area contributed by atoms with Crippen LogP contribution in [0.1, 0.15) is 40.5 Å². The lowest BCUT2D eigenvalue weighted by molar-refractivity contribution is 0.376. The number of rotatable bonds is 5. The Kier molecular flexibility index (Phi) is 4.96. The molecule has 0 heterocycles. The Bertz CT molecular complexity index is 149. The molecule has 0 radical (unpaired) electrons. The van der Waals surface area contributed by atoms with Crippen LogP contribution in [0.5, 0.6) is 0 Å². The molecule has 0 aromatic rings. The van der Waals surface area contributed by atoms with Crippen molar-refractivity contribution in [1.29, 1.82) is 0 Å². The van der Waals surface area contributed by atoms with Gasteiger partial charge in [0.05, 0.1) is 0 Å². The maximum atomic E-state index is 3.76. The molecule has 0 aromatic heterocycles. The molecule has 0 heteroatoms. The fraction of sp³-hybridized carbons (Fsp3) is 0.667. The molecule has 0 rings (SSSR count). The van der Waals surface area contributed by atoms with Gasteiger partial charge in [-0.1, -0.05) is 45.9 Å². The minimum Gasteiger partial charge on any atom is -0.103 e. The van der Waals surface area contributed by atoms with Gasteiger partial charge in [0.25, 0.3) is 0 Å². The Morgan fingerprint density at radius 2 is 1.83 bits per heavy atom. The summed E-state index contributed by atoms with van der Waals surface area (Å²) in [6, 6.07) is 0. The van der Waals surface area contributed by atoms with E-state index in [4.69, 9.17) is 0 Å². The van der Waals surface area contributed by atoms with Crippen molar-refractivity contribution < 1.29 is 0 Å². The highest BCUT2D eigenvalue weighted by Crippen LogP contribution is 2.25. The third-order valence-electron chi connectivity index (χ3n) is 1.89. The monoisotopic (exact) mass is 166 g/mol. The second-order valence-electron chi connectivity index (χ2n) is 4.53. The van der Waals surface area contributed by atoms with Crippen LogP contribution in [0.4, 0.5) is 0 Å². The summed E-state index contributed by atoms with van der Waals surface area (Å²) in [5.41, 5.74) is 0.382. The smallest absolute Gasteiger partial charge is 0.0285 e. The summed E-state index contributed by atoms with van der Waals surface area (Å²) in [6.45, 7) is 12.7. The quantitative estimate of drug-likeness (QED) is 0.537. The molecule has 0 aliphatic rings. The maximum absolute atomic E-state index is 3.76. The van der Waals surface area contributed by atoms with E-state index < -0.39 is 0 Å².